The van der Waals surface area contributed by atoms with Crippen LogP contribution in [-0.2, 0) is 9.47 Å². The van der Waals surface area contributed by atoms with Gasteiger partial charge in [-0.3, -0.25) is 0 Å². The molecular formula is C11H21NO2. The number of rotatable bonds is 4. The van der Waals surface area contributed by atoms with E-state index < -0.39 is 0 Å². The molecule has 0 radical (unpaired) electrons. The van der Waals surface area contributed by atoms with Gasteiger partial charge >= 0.3 is 0 Å². The first-order valence-electron chi connectivity index (χ1n) is 5.59. The molecule has 0 bridgehead atoms. The highest BCUT2D eigenvalue weighted by Crippen LogP contribution is 2.43. The van der Waals surface area contributed by atoms with Crippen molar-refractivity contribution in [2.75, 3.05) is 13.7 Å². The molecule has 2 N–H and O–H groups in total. The molecule has 0 aromatic carbocycles. The van der Waals surface area contributed by atoms with Crippen LogP contribution in [0.15, 0.2) is 0 Å². The van der Waals surface area contributed by atoms with Gasteiger partial charge < -0.3 is 15.2 Å². The Morgan fingerprint density at radius 3 is 2.86 bits per heavy atom. The van der Waals surface area contributed by atoms with Crippen molar-refractivity contribution in [3.63, 3.8) is 0 Å². The molecule has 1 saturated heterocycles. The van der Waals surface area contributed by atoms with Gasteiger partial charge in [0.15, 0.2) is 0 Å². The Bertz CT molecular complexity index is 205. The summed E-state index contributed by atoms with van der Waals surface area (Å²) in [7, 11) is 1.75. The van der Waals surface area contributed by atoms with Crippen molar-refractivity contribution in [1.82, 2.24) is 0 Å². The normalized spacial score (nSPS) is 40.1. The fourth-order valence-corrected chi connectivity index (χ4v) is 2.53. The summed E-state index contributed by atoms with van der Waals surface area (Å²) in [6.45, 7) is 2.91. The summed E-state index contributed by atoms with van der Waals surface area (Å²) in [6, 6.07) is 0. The molecule has 3 heteroatoms. The van der Waals surface area contributed by atoms with E-state index in [4.69, 9.17) is 15.2 Å². The minimum atomic E-state index is -0.128. The Hall–Kier alpha value is -0.120. The van der Waals surface area contributed by atoms with E-state index in [2.05, 4.69) is 6.92 Å². The van der Waals surface area contributed by atoms with Crippen LogP contribution in [0, 0.1) is 5.92 Å². The summed E-state index contributed by atoms with van der Waals surface area (Å²) in [4.78, 5) is 0. The smallest absolute Gasteiger partial charge is 0.0784 e. The molecule has 0 spiro atoms. The van der Waals surface area contributed by atoms with Gasteiger partial charge in [-0.2, -0.15) is 0 Å². The lowest BCUT2D eigenvalue weighted by Crippen LogP contribution is -2.50. The standard InChI is InChI=1S/C11H21NO2/c1-8(13-2)7-11(12)5-6-14-10(11)9-3-4-9/h8-10H,3-7,12H2,1-2H3. The molecule has 2 rings (SSSR count). The predicted molar refractivity (Wildman–Crippen MR) is 55.1 cm³/mol. The molecule has 2 aliphatic rings. The molecule has 14 heavy (non-hydrogen) atoms. The van der Waals surface area contributed by atoms with Crippen molar-refractivity contribution in [3.05, 3.63) is 0 Å². The van der Waals surface area contributed by atoms with E-state index in [0.29, 0.717) is 6.10 Å². The highest BCUT2D eigenvalue weighted by Gasteiger charge is 2.49. The summed E-state index contributed by atoms with van der Waals surface area (Å²) in [6.07, 6.45) is 5.03. The van der Waals surface area contributed by atoms with E-state index in [1.165, 1.54) is 12.8 Å². The third-order valence-corrected chi connectivity index (χ3v) is 3.55. The number of hydrogen-bond donors (Lipinski definition) is 1. The van der Waals surface area contributed by atoms with E-state index >= 15 is 0 Å². The number of methoxy groups -OCH3 is 1. The first-order chi connectivity index (χ1) is 6.65. The lowest BCUT2D eigenvalue weighted by molar-refractivity contribution is 0.0317. The van der Waals surface area contributed by atoms with Gasteiger partial charge in [0, 0.05) is 19.3 Å². The summed E-state index contributed by atoms with van der Waals surface area (Å²) in [5.41, 5.74) is 6.29. The molecule has 3 nitrogen and oxygen atoms in total. The van der Waals surface area contributed by atoms with Gasteiger partial charge in [0.25, 0.3) is 0 Å². The summed E-state index contributed by atoms with van der Waals surface area (Å²) in [5, 5.41) is 0. The third-order valence-electron chi connectivity index (χ3n) is 3.55. The molecule has 3 atom stereocenters. The highest BCUT2D eigenvalue weighted by molar-refractivity contribution is 5.04. The van der Waals surface area contributed by atoms with Crippen LogP contribution in [0.4, 0.5) is 0 Å². The van der Waals surface area contributed by atoms with Crippen LogP contribution in [-0.4, -0.2) is 31.5 Å². The lowest BCUT2D eigenvalue weighted by Gasteiger charge is -2.32. The van der Waals surface area contributed by atoms with Gasteiger partial charge in [0.1, 0.15) is 0 Å². The maximum atomic E-state index is 6.42. The van der Waals surface area contributed by atoms with Crippen molar-refractivity contribution >= 4 is 0 Å². The average molecular weight is 199 g/mol. The van der Waals surface area contributed by atoms with Crippen molar-refractivity contribution in [3.8, 4) is 0 Å². The van der Waals surface area contributed by atoms with Crippen molar-refractivity contribution < 1.29 is 9.47 Å². The molecule has 2 fully saturated rings. The molecule has 1 heterocycles. The Balaban J connectivity index is 1.97. The second kappa shape index (κ2) is 3.80. The maximum Gasteiger partial charge on any atom is 0.0784 e. The molecule has 1 aliphatic heterocycles. The zero-order valence-electron chi connectivity index (χ0n) is 9.16. The van der Waals surface area contributed by atoms with Gasteiger partial charge in [-0.1, -0.05) is 0 Å². The summed E-state index contributed by atoms with van der Waals surface area (Å²) >= 11 is 0. The second-order valence-electron chi connectivity index (χ2n) is 4.86. The molecule has 0 aromatic heterocycles. The molecule has 1 aliphatic carbocycles. The number of nitrogens with two attached hydrogens (primary N) is 1. The molecule has 82 valence electrons. The first-order valence-corrected chi connectivity index (χ1v) is 5.59. The zero-order chi connectivity index (χ0) is 10.2. The fourth-order valence-electron chi connectivity index (χ4n) is 2.53. The SMILES string of the molecule is COC(C)CC1(N)CCOC1C1CC1. The van der Waals surface area contributed by atoms with Gasteiger partial charge in [0.05, 0.1) is 12.2 Å². The van der Waals surface area contributed by atoms with E-state index in [1.54, 1.807) is 7.11 Å². The predicted octanol–water partition coefficient (Wildman–Crippen LogP) is 1.31. The van der Waals surface area contributed by atoms with Crippen LogP contribution in [0.1, 0.15) is 32.6 Å². The van der Waals surface area contributed by atoms with Crippen LogP contribution in [0.25, 0.3) is 0 Å². The minimum absolute atomic E-state index is 0.128. The average Bonchev–Trinajstić information content (AvgIpc) is 2.91. The third kappa shape index (κ3) is 1.95. The molecule has 0 amide bonds. The molecule has 3 unspecified atom stereocenters. The molecular weight excluding hydrogens is 178 g/mol. The Morgan fingerprint density at radius 2 is 2.29 bits per heavy atom. The number of ether oxygens (including phenoxy) is 2. The Kier molecular flexibility index (Phi) is 2.82. The van der Waals surface area contributed by atoms with Gasteiger partial charge in [-0.05, 0) is 38.5 Å². The van der Waals surface area contributed by atoms with E-state index in [-0.39, 0.29) is 11.6 Å². The van der Waals surface area contributed by atoms with Crippen LogP contribution >= 0.6 is 0 Å². The number of hydrogen-bond acceptors (Lipinski definition) is 3. The first kappa shape index (κ1) is 10.4. The zero-order valence-corrected chi connectivity index (χ0v) is 9.16. The van der Waals surface area contributed by atoms with Crippen LogP contribution in [0.3, 0.4) is 0 Å². The van der Waals surface area contributed by atoms with Crippen LogP contribution in [0.5, 0.6) is 0 Å². The van der Waals surface area contributed by atoms with Gasteiger partial charge in [0.2, 0.25) is 0 Å². The molecule has 0 aromatic rings. The largest absolute Gasteiger partial charge is 0.382 e. The highest BCUT2D eigenvalue weighted by atomic mass is 16.5. The van der Waals surface area contributed by atoms with Crippen LogP contribution in [0.2, 0.25) is 0 Å². The van der Waals surface area contributed by atoms with Gasteiger partial charge in [-0.15, -0.1) is 0 Å². The second-order valence-corrected chi connectivity index (χ2v) is 4.86. The summed E-state index contributed by atoms with van der Waals surface area (Å²) < 4.78 is 11.0. The van der Waals surface area contributed by atoms with Gasteiger partial charge in [-0.25, -0.2) is 0 Å². The quantitative estimate of drug-likeness (QED) is 0.742. The fraction of sp³-hybridized carbons (Fsp3) is 1.00. The Labute approximate surface area is 85.9 Å². The van der Waals surface area contributed by atoms with E-state index in [9.17, 15) is 0 Å². The minimum Gasteiger partial charge on any atom is -0.382 e. The monoisotopic (exact) mass is 199 g/mol. The van der Waals surface area contributed by atoms with Crippen LogP contribution < -0.4 is 5.73 Å². The Morgan fingerprint density at radius 1 is 1.57 bits per heavy atom. The van der Waals surface area contributed by atoms with Crippen molar-refractivity contribution in [2.24, 2.45) is 11.7 Å². The van der Waals surface area contributed by atoms with E-state index in [0.717, 1.165) is 25.4 Å². The summed E-state index contributed by atoms with van der Waals surface area (Å²) in [5.74, 6) is 0.728. The van der Waals surface area contributed by atoms with Crippen molar-refractivity contribution in [2.45, 2.75) is 50.4 Å². The maximum absolute atomic E-state index is 6.42. The molecule has 1 saturated carbocycles. The lowest BCUT2D eigenvalue weighted by atomic mass is 9.84. The van der Waals surface area contributed by atoms with Crippen molar-refractivity contribution in [1.29, 1.82) is 0 Å². The van der Waals surface area contributed by atoms with E-state index in [1.807, 2.05) is 0 Å². The topological polar surface area (TPSA) is 44.5 Å².